The van der Waals surface area contributed by atoms with E-state index in [1.165, 1.54) is 24.4 Å². The molecule has 0 amide bonds. The van der Waals surface area contributed by atoms with Crippen molar-refractivity contribution in [2.24, 2.45) is 0 Å². The molecule has 16 heavy (non-hydrogen) atoms. The molecule has 0 aliphatic rings. The van der Waals surface area contributed by atoms with Gasteiger partial charge in [0.25, 0.3) is 0 Å². The van der Waals surface area contributed by atoms with Gasteiger partial charge in [-0.3, -0.25) is 4.79 Å². The standard InChI is InChI=1S/C10H8ClNO4/c11-7-4-6(2-1-3-8(13)14)5-12-9(7)10(15)16/h1-2,4-5H,3H2,(H,13,14)(H,15,16). The van der Waals surface area contributed by atoms with Crippen molar-refractivity contribution >= 4 is 29.6 Å². The minimum absolute atomic E-state index is 0.0185. The molecule has 0 bridgehead atoms. The van der Waals surface area contributed by atoms with Crippen molar-refractivity contribution < 1.29 is 19.8 Å². The highest BCUT2D eigenvalue weighted by atomic mass is 35.5. The zero-order valence-electron chi connectivity index (χ0n) is 8.05. The number of nitrogens with zero attached hydrogens (tertiary/aromatic N) is 1. The monoisotopic (exact) mass is 241 g/mol. The number of hydrogen-bond acceptors (Lipinski definition) is 3. The van der Waals surface area contributed by atoms with Gasteiger partial charge in [0, 0.05) is 6.20 Å². The third kappa shape index (κ3) is 3.36. The van der Waals surface area contributed by atoms with Crippen molar-refractivity contribution in [3.05, 3.63) is 34.6 Å². The van der Waals surface area contributed by atoms with Crippen LogP contribution in [0.1, 0.15) is 22.5 Å². The van der Waals surface area contributed by atoms with Gasteiger partial charge in [-0.1, -0.05) is 23.8 Å². The lowest BCUT2D eigenvalue weighted by Crippen LogP contribution is -2.01. The smallest absolute Gasteiger partial charge is 0.356 e. The molecule has 0 saturated heterocycles. The molecule has 0 radical (unpaired) electrons. The minimum Gasteiger partial charge on any atom is -0.481 e. The quantitative estimate of drug-likeness (QED) is 0.841. The third-order valence-corrected chi connectivity index (χ3v) is 1.96. The van der Waals surface area contributed by atoms with Gasteiger partial charge in [-0.15, -0.1) is 0 Å². The van der Waals surface area contributed by atoms with Gasteiger partial charge in [-0.2, -0.15) is 0 Å². The summed E-state index contributed by atoms with van der Waals surface area (Å²) in [5, 5.41) is 17.1. The lowest BCUT2D eigenvalue weighted by atomic mass is 10.2. The number of aromatic nitrogens is 1. The van der Waals surface area contributed by atoms with Crippen molar-refractivity contribution in [3.8, 4) is 0 Å². The minimum atomic E-state index is -1.20. The maximum atomic E-state index is 10.6. The average molecular weight is 242 g/mol. The summed E-state index contributed by atoms with van der Waals surface area (Å²) in [4.78, 5) is 24.5. The van der Waals surface area contributed by atoms with Crippen LogP contribution in [-0.2, 0) is 4.79 Å². The van der Waals surface area contributed by atoms with Crippen molar-refractivity contribution in [1.82, 2.24) is 4.98 Å². The molecular formula is C10H8ClNO4. The Morgan fingerprint density at radius 3 is 2.62 bits per heavy atom. The number of halogens is 1. The van der Waals surface area contributed by atoms with Gasteiger partial charge >= 0.3 is 11.9 Å². The fourth-order valence-electron chi connectivity index (χ4n) is 0.997. The molecule has 0 aliphatic carbocycles. The van der Waals surface area contributed by atoms with Crippen LogP contribution in [0.4, 0.5) is 0 Å². The fraction of sp³-hybridized carbons (Fsp3) is 0.100. The van der Waals surface area contributed by atoms with Gasteiger partial charge in [-0.05, 0) is 11.6 Å². The van der Waals surface area contributed by atoms with E-state index in [2.05, 4.69) is 4.98 Å². The van der Waals surface area contributed by atoms with E-state index in [1.807, 2.05) is 0 Å². The molecule has 1 aromatic rings. The predicted octanol–water partition coefficient (Wildman–Crippen LogP) is 1.92. The maximum Gasteiger partial charge on any atom is 0.356 e. The molecule has 1 heterocycles. The highest BCUT2D eigenvalue weighted by Crippen LogP contribution is 2.16. The summed E-state index contributed by atoms with van der Waals surface area (Å²) in [6, 6.07) is 1.41. The molecule has 0 spiro atoms. The zero-order valence-corrected chi connectivity index (χ0v) is 8.81. The first-order chi connectivity index (χ1) is 7.50. The predicted molar refractivity (Wildman–Crippen MR) is 57.5 cm³/mol. The summed E-state index contributed by atoms with van der Waals surface area (Å²) < 4.78 is 0. The molecule has 0 unspecified atom stereocenters. The largest absolute Gasteiger partial charge is 0.481 e. The number of pyridine rings is 1. The molecule has 5 nitrogen and oxygen atoms in total. The van der Waals surface area contributed by atoms with E-state index in [0.717, 1.165) is 0 Å². The van der Waals surface area contributed by atoms with Crippen LogP contribution in [0.2, 0.25) is 5.02 Å². The highest BCUT2D eigenvalue weighted by Gasteiger charge is 2.09. The number of hydrogen-bond donors (Lipinski definition) is 2. The van der Waals surface area contributed by atoms with E-state index < -0.39 is 11.9 Å². The molecule has 0 atom stereocenters. The highest BCUT2D eigenvalue weighted by molar-refractivity contribution is 6.33. The summed E-state index contributed by atoms with van der Waals surface area (Å²) >= 11 is 5.67. The van der Waals surface area contributed by atoms with E-state index in [0.29, 0.717) is 5.56 Å². The Balaban J connectivity index is 2.85. The van der Waals surface area contributed by atoms with Crippen LogP contribution in [-0.4, -0.2) is 27.1 Å². The summed E-state index contributed by atoms with van der Waals surface area (Å²) in [7, 11) is 0. The molecule has 0 aromatic carbocycles. The second-order valence-electron chi connectivity index (χ2n) is 2.90. The Bertz CT molecular complexity index is 456. The fourth-order valence-corrected chi connectivity index (χ4v) is 1.25. The van der Waals surface area contributed by atoms with E-state index in [9.17, 15) is 9.59 Å². The van der Waals surface area contributed by atoms with E-state index in [4.69, 9.17) is 21.8 Å². The van der Waals surface area contributed by atoms with Gasteiger partial charge in [0.2, 0.25) is 0 Å². The van der Waals surface area contributed by atoms with Gasteiger partial charge in [0.05, 0.1) is 11.4 Å². The topological polar surface area (TPSA) is 87.5 Å². The average Bonchev–Trinajstić information content (AvgIpc) is 2.16. The summed E-state index contributed by atoms with van der Waals surface area (Å²) in [5.41, 5.74) is 0.327. The van der Waals surface area contributed by atoms with Gasteiger partial charge < -0.3 is 10.2 Å². The van der Waals surface area contributed by atoms with Gasteiger partial charge in [0.1, 0.15) is 0 Å². The lowest BCUT2D eigenvalue weighted by molar-refractivity contribution is -0.135. The number of aliphatic carboxylic acids is 1. The molecule has 0 saturated carbocycles. The second kappa shape index (κ2) is 5.27. The van der Waals surface area contributed by atoms with Crippen molar-refractivity contribution in [3.63, 3.8) is 0 Å². The van der Waals surface area contributed by atoms with Crippen molar-refractivity contribution in [1.29, 1.82) is 0 Å². The number of aromatic carboxylic acids is 1. The first kappa shape index (κ1) is 12.2. The number of carboxylic acids is 2. The molecule has 0 aliphatic heterocycles. The first-order valence-corrected chi connectivity index (χ1v) is 4.65. The Morgan fingerprint density at radius 1 is 1.44 bits per heavy atom. The molecule has 1 rings (SSSR count). The van der Waals surface area contributed by atoms with E-state index >= 15 is 0 Å². The van der Waals surface area contributed by atoms with E-state index in [-0.39, 0.29) is 17.1 Å². The number of carboxylic acid groups (broad SMARTS) is 2. The van der Waals surface area contributed by atoms with Crippen LogP contribution in [0.3, 0.4) is 0 Å². The van der Waals surface area contributed by atoms with Crippen LogP contribution in [0.15, 0.2) is 18.3 Å². The maximum absolute atomic E-state index is 10.6. The van der Waals surface area contributed by atoms with Crippen LogP contribution in [0, 0.1) is 0 Å². The van der Waals surface area contributed by atoms with Crippen LogP contribution in [0.25, 0.3) is 6.08 Å². The second-order valence-corrected chi connectivity index (χ2v) is 3.31. The Kier molecular flexibility index (Phi) is 4.02. The molecule has 0 fully saturated rings. The number of rotatable bonds is 4. The summed E-state index contributed by atoms with van der Waals surface area (Å²) in [6.45, 7) is 0. The number of carbonyl (C=O) groups is 2. The van der Waals surface area contributed by atoms with Gasteiger partial charge in [-0.25, -0.2) is 9.78 Å². The van der Waals surface area contributed by atoms with E-state index in [1.54, 1.807) is 0 Å². The lowest BCUT2D eigenvalue weighted by Gasteiger charge is -1.98. The summed E-state index contributed by atoms with van der Waals surface area (Å²) in [6.07, 6.45) is 4.14. The summed E-state index contributed by atoms with van der Waals surface area (Å²) in [5.74, 6) is -2.15. The Morgan fingerprint density at radius 2 is 2.12 bits per heavy atom. The van der Waals surface area contributed by atoms with Crippen molar-refractivity contribution in [2.45, 2.75) is 6.42 Å². The van der Waals surface area contributed by atoms with Crippen LogP contribution < -0.4 is 0 Å². The SMILES string of the molecule is O=C(O)CC=Cc1cnc(C(=O)O)c(Cl)c1. The van der Waals surface area contributed by atoms with Crippen LogP contribution in [0.5, 0.6) is 0 Å². The van der Waals surface area contributed by atoms with Gasteiger partial charge in [0.15, 0.2) is 5.69 Å². The molecule has 2 N–H and O–H groups in total. The zero-order chi connectivity index (χ0) is 12.1. The molecule has 84 valence electrons. The normalized spacial score (nSPS) is 10.6. The molecule has 1 aromatic heterocycles. The molecular weight excluding hydrogens is 234 g/mol. The first-order valence-electron chi connectivity index (χ1n) is 4.28. The van der Waals surface area contributed by atoms with Crippen LogP contribution >= 0.6 is 11.6 Å². The van der Waals surface area contributed by atoms with Crippen molar-refractivity contribution in [2.75, 3.05) is 0 Å². The third-order valence-electron chi connectivity index (χ3n) is 1.67. The Hall–Kier alpha value is -1.88. The molecule has 6 heteroatoms. The Labute approximate surface area is 96.0 Å².